The highest BCUT2D eigenvalue weighted by Crippen LogP contribution is 2.38. The van der Waals surface area contributed by atoms with Gasteiger partial charge in [0.25, 0.3) is 0 Å². The highest BCUT2D eigenvalue weighted by Gasteiger charge is 2.23. The number of rotatable bonds is 5. The molecule has 0 atom stereocenters. The van der Waals surface area contributed by atoms with Crippen LogP contribution < -0.4 is 5.32 Å². The van der Waals surface area contributed by atoms with Crippen molar-refractivity contribution in [2.45, 2.75) is 58.0 Å². The predicted octanol–water partition coefficient (Wildman–Crippen LogP) is 5.13. The van der Waals surface area contributed by atoms with E-state index in [4.69, 9.17) is 4.98 Å². The van der Waals surface area contributed by atoms with Gasteiger partial charge >= 0.3 is 0 Å². The molecular weight excluding hydrogens is 426 g/mol. The summed E-state index contributed by atoms with van der Waals surface area (Å²) in [6.07, 6.45) is 5.48. The van der Waals surface area contributed by atoms with Crippen LogP contribution in [-0.4, -0.2) is 31.2 Å². The molecule has 0 saturated carbocycles. The molecule has 0 fully saturated rings. The number of benzene rings is 1. The van der Waals surface area contributed by atoms with Crippen molar-refractivity contribution in [2.75, 3.05) is 11.1 Å². The number of aryl methyl sites for hydroxylation is 5. The fourth-order valence-corrected chi connectivity index (χ4v) is 6.37. The Morgan fingerprint density at radius 3 is 2.74 bits per heavy atom. The summed E-state index contributed by atoms with van der Waals surface area (Å²) in [5, 5.41) is 14.0. The van der Waals surface area contributed by atoms with E-state index in [1.54, 1.807) is 0 Å². The summed E-state index contributed by atoms with van der Waals surface area (Å²) < 4.78 is 2.06. The Balaban J connectivity index is 1.46. The van der Waals surface area contributed by atoms with E-state index in [2.05, 4.69) is 26.8 Å². The van der Waals surface area contributed by atoms with E-state index in [1.165, 1.54) is 35.0 Å². The number of aromatic nitrogens is 4. The van der Waals surface area contributed by atoms with E-state index in [0.29, 0.717) is 0 Å². The van der Waals surface area contributed by atoms with Crippen molar-refractivity contribution in [1.82, 2.24) is 19.6 Å². The number of carbonyl (C=O) groups excluding carboxylic acids is 1. The molecule has 1 aliphatic carbocycles. The predicted molar refractivity (Wildman–Crippen MR) is 127 cm³/mol. The molecule has 1 amide bonds. The maximum Gasteiger partial charge on any atom is 0.234 e. The van der Waals surface area contributed by atoms with Crippen LogP contribution >= 0.6 is 23.1 Å². The van der Waals surface area contributed by atoms with Crippen LogP contribution in [0.3, 0.4) is 0 Å². The number of nitrogens with zero attached hydrogens (tertiary/aromatic N) is 4. The Kier molecular flexibility index (Phi) is 5.44. The number of nitrogens with one attached hydrogen (secondary N) is 1. The average molecular weight is 452 g/mol. The van der Waals surface area contributed by atoms with Crippen molar-refractivity contribution in [3.05, 3.63) is 45.6 Å². The van der Waals surface area contributed by atoms with Crippen molar-refractivity contribution in [1.29, 1.82) is 0 Å². The molecule has 5 rings (SSSR count). The van der Waals surface area contributed by atoms with Crippen LogP contribution in [0.4, 0.5) is 5.69 Å². The SMILES string of the molecule is CCc1nc2sc3c(c2c2nnc(SCC(=O)Nc4c(C)cccc4C)n12)CCCC3. The van der Waals surface area contributed by atoms with E-state index in [0.717, 1.165) is 62.9 Å². The smallest absolute Gasteiger partial charge is 0.234 e. The van der Waals surface area contributed by atoms with Gasteiger partial charge in [-0.2, -0.15) is 0 Å². The summed E-state index contributed by atoms with van der Waals surface area (Å²) in [4.78, 5) is 20.2. The molecule has 1 aromatic carbocycles. The largest absolute Gasteiger partial charge is 0.325 e. The lowest BCUT2D eigenvalue weighted by Gasteiger charge is -2.11. The summed E-state index contributed by atoms with van der Waals surface area (Å²) in [5.74, 6) is 1.18. The Bertz CT molecular complexity index is 1290. The summed E-state index contributed by atoms with van der Waals surface area (Å²) in [7, 11) is 0. The second-order valence-electron chi connectivity index (χ2n) is 8.02. The van der Waals surface area contributed by atoms with Gasteiger partial charge in [-0.05, 0) is 56.2 Å². The molecule has 6 nitrogen and oxygen atoms in total. The summed E-state index contributed by atoms with van der Waals surface area (Å²) in [6.45, 7) is 6.12. The van der Waals surface area contributed by atoms with Crippen molar-refractivity contribution < 1.29 is 4.79 Å². The van der Waals surface area contributed by atoms with Crippen molar-refractivity contribution >= 4 is 50.6 Å². The minimum absolute atomic E-state index is 0.0425. The molecule has 160 valence electrons. The monoisotopic (exact) mass is 451 g/mol. The molecule has 1 N–H and O–H groups in total. The number of fused-ring (bicyclic) bond motifs is 5. The molecule has 31 heavy (non-hydrogen) atoms. The Morgan fingerprint density at radius 2 is 1.97 bits per heavy atom. The number of amides is 1. The Hall–Kier alpha value is -2.45. The zero-order chi connectivity index (χ0) is 21.5. The molecular formula is C23H25N5OS2. The highest BCUT2D eigenvalue weighted by atomic mass is 32.2. The van der Waals surface area contributed by atoms with Gasteiger partial charge in [-0.25, -0.2) is 4.98 Å². The van der Waals surface area contributed by atoms with Crippen LogP contribution in [0.1, 0.15) is 47.2 Å². The second-order valence-corrected chi connectivity index (χ2v) is 10.0. The summed E-state index contributed by atoms with van der Waals surface area (Å²) in [6, 6.07) is 6.02. The number of hydrogen-bond donors (Lipinski definition) is 1. The normalized spacial score (nSPS) is 13.6. The van der Waals surface area contributed by atoms with E-state index in [9.17, 15) is 4.79 Å². The first-order valence-corrected chi connectivity index (χ1v) is 12.5. The molecule has 1 aliphatic rings. The first kappa shape index (κ1) is 20.5. The second kappa shape index (κ2) is 8.24. The lowest BCUT2D eigenvalue weighted by molar-refractivity contribution is -0.113. The number of hydrogen-bond acceptors (Lipinski definition) is 6. The van der Waals surface area contributed by atoms with Gasteiger partial charge < -0.3 is 5.32 Å². The van der Waals surface area contributed by atoms with E-state index in [-0.39, 0.29) is 11.7 Å². The molecule has 0 spiro atoms. The van der Waals surface area contributed by atoms with E-state index < -0.39 is 0 Å². The van der Waals surface area contributed by atoms with Gasteiger partial charge in [0.2, 0.25) is 5.91 Å². The Labute approximate surface area is 189 Å². The Morgan fingerprint density at radius 1 is 1.19 bits per heavy atom. The maximum atomic E-state index is 12.7. The maximum absolute atomic E-state index is 12.7. The molecule has 0 unspecified atom stereocenters. The number of thioether (sulfide) groups is 1. The number of anilines is 1. The molecule has 0 aliphatic heterocycles. The lowest BCUT2D eigenvalue weighted by Crippen LogP contribution is -2.16. The number of para-hydroxylation sites is 1. The zero-order valence-electron chi connectivity index (χ0n) is 18.0. The van der Waals surface area contributed by atoms with Crippen LogP contribution in [0.15, 0.2) is 23.4 Å². The minimum atomic E-state index is -0.0425. The molecule has 0 bridgehead atoms. The van der Waals surface area contributed by atoms with Crippen LogP contribution in [0.5, 0.6) is 0 Å². The van der Waals surface area contributed by atoms with Crippen LogP contribution in [-0.2, 0) is 24.1 Å². The van der Waals surface area contributed by atoms with E-state index in [1.807, 2.05) is 43.4 Å². The lowest BCUT2D eigenvalue weighted by atomic mass is 9.97. The van der Waals surface area contributed by atoms with Crippen molar-refractivity contribution in [2.24, 2.45) is 0 Å². The van der Waals surface area contributed by atoms with E-state index >= 15 is 0 Å². The first-order valence-electron chi connectivity index (χ1n) is 10.7. The molecule has 3 aromatic heterocycles. The summed E-state index contributed by atoms with van der Waals surface area (Å²) in [5.41, 5.74) is 5.31. The van der Waals surface area contributed by atoms with Gasteiger partial charge in [0.05, 0.1) is 11.1 Å². The molecule has 0 radical (unpaired) electrons. The quantitative estimate of drug-likeness (QED) is 0.426. The fraction of sp³-hybridized carbons (Fsp3) is 0.391. The van der Waals surface area contributed by atoms with Crippen LogP contribution in [0.25, 0.3) is 15.9 Å². The molecule has 3 heterocycles. The van der Waals surface area contributed by atoms with Crippen LogP contribution in [0, 0.1) is 13.8 Å². The minimum Gasteiger partial charge on any atom is -0.325 e. The zero-order valence-corrected chi connectivity index (χ0v) is 19.6. The average Bonchev–Trinajstić information content (AvgIpc) is 3.35. The number of thiophene rings is 1. The third kappa shape index (κ3) is 3.61. The summed E-state index contributed by atoms with van der Waals surface area (Å²) >= 11 is 3.23. The van der Waals surface area contributed by atoms with Crippen molar-refractivity contribution in [3.63, 3.8) is 0 Å². The van der Waals surface area contributed by atoms with Gasteiger partial charge in [0.1, 0.15) is 10.7 Å². The topological polar surface area (TPSA) is 72.2 Å². The van der Waals surface area contributed by atoms with Gasteiger partial charge in [0.15, 0.2) is 10.8 Å². The third-order valence-electron chi connectivity index (χ3n) is 5.89. The van der Waals surface area contributed by atoms with Gasteiger partial charge in [0, 0.05) is 17.0 Å². The number of carbonyl (C=O) groups is 1. The van der Waals surface area contributed by atoms with Gasteiger partial charge in [-0.3, -0.25) is 9.20 Å². The molecule has 4 aromatic rings. The van der Waals surface area contributed by atoms with Gasteiger partial charge in [-0.1, -0.05) is 36.9 Å². The van der Waals surface area contributed by atoms with Crippen LogP contribution in [0.2, 0.25) is 0 Å². The first-order chi connectivity index (χ1) is 15.1. The third-order valence-corrected chi connectivity index (χ3v) is 8.01. The highest BCUT2D eigenvalue weighted by molar-refractivity contribution is 7.99. The van der Waals surface area contributed by atoms with Crippen molar-refractivity contribution in [3.8, 4) is 0 Å². The van der Waals surface area contributed by atoms with Gasteiger partial charge in [-0.15, -0.1) is 21.5 Å². The fourth-order valence-electron chi connectivity index (χ4n) is 4.34. The molecule has 8 heteroatoms. The molecule has 0 saturated heterocycles. The standard InChI is InChI=1S/C23H25N5OS2/c1-4-17-24-22-19(15-10-5-6-11-16(15)31-22)21-26-27-23(28(17)21)30-12-18(29)25-20-13(2)8-7-9-14(20)3/h7-9H,4-6,10-12H2,1-3H3,(H,25,29).